The largest absolute Gasteiger partial charge is 0.307 e. The predicted molar refractivity (Wildman–Crippen MR) is 116 cm³/mol. The molecule has 1 aliphatic rings. The maximum absolute atomic E-state index is 13.6. The van der Waals surface area contributed by atoms with Gasteiger partial charge < -0.3 is 0 Å². The minimum absolute atomic E-state index is 0.0836. The summed E-state index contributed by atoms with van der Waals surface area (Å²) in [6.45, 7) is 2.91. The normalized spacial score (nSPS) is 19.9. The van der Waals surface area contributed by atoms with Gasteiger partial charge >= 0.3 is 5.92 Å². The number of hydrogen-bond donors (Lipinski definition) is 0. The summed E-state index contributed by atoms with van der Waals surface area (Å²) in [6.07, 6.45) is 10.4. The van der Waals surface area contributed by atoms with Gasteiger partial charge in [0, 0.05) is 12.5 Å². The average Bonchev–Trinajstić information content (AvgIpc) is 2.73. The molecule has 3 rings (SSSR count). The molecule has 0 bridgehead atoms. The van der Waals surface area contributed by atoms with Crippen LogP contribution in [0.3, 0.4) is 0 Å². The summed E-state index contributed by atoms with van der Waals surface area (Å²) in [7, 11) is 0. The summed E-state index contributed by atoms with van der Waals surface area (Å²) in [6, 6.07) is 14.8. The lowest BCUT2D eigenvalue weighted by Crippen LogP contribution is -2.24. The van der Waals surface area contributed by atoms with Crippen LogP contribution >= 0.6 is 0 Å². The molecule has 0 spiro atoms. The Labute approximate surface area is 173 Å². The number of rotatable bonds is 8. The molecule has 1 aliphatic carbocycles. The fourth-order valence-electron chi connectivity index (χ4n) is 4.57. The summed E-state index contributed by atoms with van der Waals surface area (Å²) < 4.78 is 27.2. The van der Waals surface area contributed by atoms with Gasteiger partial charge in [0.1, 0.15) is 0 Å². The van der Waals surface area contributed by atoms with Crippen LogP contribution in [0.15, 0.2) is 48.5 Å². The monoisotopic (exact) mass is 398 g/mol. The standard InChI is InChI=1S/C26H32F2O/c1-3-4-5-8-19-11-13-20(14-12-19)21-15-17-22(18-16-21)23-9-6-7-10-24(23)25(29)26(2,27)28/h6-7,9-10,15-20H,3-5,8,11-14H2,1-2H3/t19-,20-. The van der Waals surface area contributed by atoms with E-state index in [0.717, 1.165) is 11.5 Å². The number of halogens is 2. The van der Waals surface area contributed by atoms with Crippen molar-refractivity contribution in [2.24, 2.45) is 5.92 Å². The van der Waals surface area contributed by atoms with Crippen molar-refractivity contribution in [2.45, 2.75) is 77.1 Å². The van der Waals surface area contributed by atoms with Crippen LogP contribution in [0.25, 0.3) is 11.1 Å². The Hall–Kier alpha value is -2.03. The molecule has 29 heavy (non-hydrogen) atoms. The highest BCUT2D eigenvalue weighted by molar-refractivity contribution is 6.06. The van der Waals surface area contributed by atoms with E-state index in [2.05, 4.69) is 19.1 Å². The van der Waals surface area contributed by atoms with E-state index in [1.165, 1.54) is 63.0 Å². The number of benzene rings is 2. The maximum atomic E-state index is 13.6. The first-order chi connectivity index (χ1) is 13.9. The van der Waals surface area contributed by atoms with E-state index in [0.29, 0.717) is 18.4 Å². The Balaban J connectivity index is 1.69. The summed E-state index contributed by atoms with van der Waals surface area (Å²) >= 11 is 0. The topological polar surface area (TPSA) is 17.1 Å². The number of carbonyl (C=O) groups excluding carboxylic acids is 1. The van der Waals surface area contributed by atoms with Crippen molar-refractivity contribution < 1.29 is 13.6 Å². The second kappa shape index (κ2) is 9.65. The summed E-state index contributed by atoms with van der Waals surface area (Å²) in [5.41, 5.74) is 2.80. The molecule has 0 atom stereocenters. The first kappa shape index (κ1) is 21.7. The number of carbonyl (C=O) groups is 1. The van der Waals surface area contributed by atoms with Gasteiger partial charge in [-0.25, -0.2) is 0 Å². The summed E-state index contributed by atoms with van der Waals surface area (Å²) in [5.74, 6) is -3.03. The third kappa shape index (κ3) is 5.52. The van der Waals surface area contributed by atoms with Gasteiger partial charge in [-0.1, -0.05) is 81.1 Å². The van der Waals surface area contributed by atoms with Crippen molar-refractivity contribution in [1.82, 2.24) is 0 Å². The molecule has 0 aromatic heterocycles. The first-order valence-electron chi connectivity index (χ1n) is 11.0. The van der Waals surface area contributed by atoms with E-state index >= 15 is 0 Å². The Morgan fingerprint density at radius 3 is 2.24 bits per heavy atom. The third-order valence-electron chi connectivity index (χ3n) is 6.33. The fourth-order valence-corrected chi connectivity index (χ4v) is 4.57. The van der Waals surface area contributed by atoms with E-state index in [9.17, 15) is 13.6 Å². The first-order valence-corrected chi connectivity index (χ1v) is 11.0. The zero-order valence-corrected chi connectivity index (χ0v) is 17.6. The van der Waals surface area contributed by atoms with Gasteiger partial charge in [0.2, 0.25) is 5.78 Å². The van der Waals surface area contributed by atoms with Gasteiger partial charge in [0.25, 0.3) is 0 Å². The van der Waals surface area contributed by atoms with Gasteiger partial charge in [-0.2, -0.15) is 8.78 Å². The zero-order valence-electron chi connectivity index (χ0n) is 17.6. The van der Waals surface area contributed by atoms with Crippen LogP contribution in [0.5, 0.6) is 0 Å². The van der Waals surface area contributed by atoms with Gasteiger partial charge in [-0.3, -0.25) is 4.79 Å². The Kier molecular flexibility index (Phi) is 7.21. The number of hydrogen-bond acceptors (Lipinski definition) is 1. The summed E-state index contributed by atoms with van der Waals surface area (Å²) in [4.78, 5) is 12.1. The van der Waals surface area contributed by atoms with Crippen molar-refractivity contribution in [3.8, 4) is 11.1 Å². The highest BCUT2D eigenvalue weighted by Crippen LogP contribution is 2.38. The number of Topliss-reactive ketones (excluding diaryl/α,β-unsaturated/α-hetero) is 1. The molecular formula is C26H32F2O. The van der Waals surface area contributed by atoms with E-state index in [-0.39, 0.29) is 5.56 Å². The lowest BCUT2D eigenvalue weighted by atomic mass is 9.77. The van der Waals surface area contributed by atoms with Crippen molar-refractivity contribution >= 4 is 5.78 Å². The molecule has 1 nitrogen and oxygen atoms in total. The molecule has 2 aromatic rings. The average molecular weight is 399 g/mol. The Morgan fingerprint density at radius 1 is 0.966 bits per heavy atom. The fraction of sp³-hybridized carbons (Fsp3) is 0.500. The van der Waals surface area contributed by atoms with Gasteiger partial charge in [-0.05, 0) is 54.2 Å². The minimum atomic E-state index is -3.37. The van der Waals surface area contributed by atoms with E-state index in [4.69, 9.17) is 0 Å². The maximum Gasteiger partial charge on any atom is 0.307 e. The third-order valence-corrected chi connectivity index (χ3v) is 6.33. The van der Waals surface area contributed by atoms with Gasteiger partial charge in [-0.15, -0.1) is 0 Å². The predicted octanol–water partition coefficient (Wildman–Crippen LogP) is 8.05. The quantitative estimate of drug-likeness (QED) is 0.325. The highest BCUT2D eigenvalue weighted by atomic mass is 19.3. The molecule has 0 heterocycles. The second-order valence-electron chi connectivity index (χ2n) is 8.60. The molecule has 0 amide bonds. The molecule has 1 saturated carbocycles. The molecule has 0 saturated heterocycles. The van der Waals surface area contributed by atoms with Crippen LogP contribution in [0, 0.1) is 5.92 Å². The number of ketones is 1. The SMILES string of the molecule is CCCCC[C@H]1CC[C@H](c2ccc(-c3ccccc3C(=O)C(C)(F)F)cc2)CC1. The molecule has 3 heteroatoms. The van der Waals surface area contributed by atoms with Crippen LogP contribution in [0.2, 0.25) is 0 Å². The van der Waals surface area contributed by atoms with Crippen LogP contribution in [0.1, 0.15) is 87.1 Å². The molecule has 2 aromatic carbocycles. The van der Waals surface area contributed by atoms with Gasteiger partial charge in [0.05, 0.1) is 0 Å². The molecule has 0 unspecified atom stereocenters. The Morgan fingerprint density at radius 2 is 1.62 bits per heavy atom. The highest BCUT2D eigenvalue weighted by Gasteiger charge is 2.34. The van der Waals surface area contributed by atoms with Crippen molar-refractivity contribution in [3.63, 3.8) is 0 Å². The van der Waals surface area contributed by atoms with Crippen molar-refractivity contribution in [3.05, 3.63) is 59.7 Å². The second-order valence-corrected chi connectivity index (χ2v) is 8.60. The Bertz CT molecular complexity index is 796. The number of unbranched alkanes of at least 4 members (excludes halogenated alkanes) is 2. The number of alkyl halides is 2. The molecular weight excluding hydrogens is 366 g/mol. The van der Waals surface area contributed by atoms with Crippen LogP contribution in [0.4, 0.5) is 8.78 Å². The van der Waals surface area contributed by atoms with Crippen LogP contribution < -0.4 is 0 Å². The van der Waals surface area contributed by atoms with Crippen LogP contribution in [-0.4, -0.2) is 11.7 Å². The lowest BCUT2D eigenvalue weighted by molar-refractivity contribution is 0.0222. The molecule has 1 fully saturated rings. The molecule has 0 radical (unpaired) electrons. The van der Waals surface area contributed by atoms with Gasteiger partial charge in [0.15, 0.2) is 0 Å². The van der Waals surface area contributed by atoms with E-state index in [1.807, 2.05) is 12.1 Å². The molecule has 156 valence electrons. The zero-order chi connectivity index (χ0) is 20.9. The minimum Gasteiger partial charge on any atom is -0.287 e. The van der Waals surface area contributed by atoms with E-state index < -0.39 is 11.7 Å². The summed E-state index contributed by atoms with van der Waals surface area (Å²) in [5, 5.41) is 0. The lowest BCUT2D eigenvalue weighted by Gasteiger charge is -2.29. The van der Waals surface area contributed by atoms with Crippen molar-refractivity contribution in [1.29, 1.82) is 0 Å². The van der Waals surface area contributed by atoms with Crippen molar-refractivity contribution in [2.75, 3.05) is 0 Å². The smallest absolute Gasteiger partial charge is 0.287 e. The van der Waals surface area contributed by atoms with E-state index in [1.54, 1.807) is 18.2 Å². The van der Waals surface area contributed by atoms with Crippen LogP contribution in [-0.2, 0) is 0 Å². The molecule has 0 aliphatic heterocycles. The molecule has 0 N–H and O–H groups in total.